The van der Waals surface area contributed by atoms with E-state index in [0.717, 1.165) is 18.4 Å². The van der Waals surface area contributed by atoms with E-state index in [2.05, 4.69) is 43.0 Å². The fourth-order valence-corrected chi connectivity index (χ4v) is 1.32. The molecule has 0 aliphatic carbocycles. The topological polar surface area (TPSA) is 26.0 Å². The van der Waals surface area contributed by atoms with Gasteiger partial charge < -0.3 is 5.73 Å². The molecule has 0 aliphatic rings. The maximum absolute atomic E-state index is 5.72. The number of hydrogen-bond acceptors (Lipinski definition) is 1. The highest BCUT2D eigenvalue weighted by Gasteiger charge is 1.92. The molecular formula is C14H19N. The van der Waals surface area contributed by atoms with Crippen molar-refractivity contribution in [3.05, 3.63) is 35.4 Å². The van der Waals surface area contributed by atoms with Crippen molar-refractivity contribution in [3.8, 4) is 11.8 Å². The zero-order valence-electron chi connectivity index (χ0n) is 9.59. The summed E-state index contributed by atoms with van der Waals surface area (Å²) in [7, 11) is 0. The van der Waals surface area contributed by atoms with Crippen LogP contribution in [0.1, 0.15) is 37.8 Å². The molecule has 0 amide bonds. The van der Waals surface area contributed by atoms with Crippen LogP contribution in [-0.2, 0) is 6.42 Å². The summed E-state index contributed by atoms with van der Waals surface area (Å²) in [5.74, 6) is 6.12. The Balaban J connectivity index is 2.66. The van der Waals surface area contributed by atoms with Crippen molar-refractivity contribution in [1.29, 1.82) is 0 Å². The second kappa shape index (κ2) is 6.27. The van der Waals surface area contributed by atoms with E-state index in [-0.39, 0.29) is 6.04 Å². The minimum atomic E-state index is 0.000295. The summed E-state index contributed by atoms with van der Waals surface area (Å²) in [5.41, 5.74) is 8.16. The van der Waals surface area contributed by atoms with Gasteiger partial charge in [-0.05, 0) is 30.5 Å². The van der Waals surface area contributed by atoms with Crippen LogP contribution in [0.2, 0.25) is 0 Å². The van der Waals surface area contributed by atoms with Gasteiger partial charge in [0.1, 0.15) is 0 Å². The van der Waals surface area contributed by atoms with Crippen molar-refractivity contribution >= 4 is 0 Å². The Kier molecular flexibility index (Phi) is 4.93. The summed E-state index contributed by atoms with van der Waals surface area (Å²) in [6, 6.07) is 8.43. The fraction of sp³-hybridized carbons (Fsp3) is 0.429. The van der Waals surface area contributed by atoms with Gasteiger partial charge >= 0.3 is 0 Å². The number of rotatable bonds is 3. The molecule has 1 heteroatoms. The third kappa shape index (κ3) is 4.18. The molecular weight excluding hydrogens is 182 g/mol. The van der Waals surface area contributed by atoms with Gasteiger partial charge in [-0.15, -0.1) is 0 Å². The predicted octanol–water partition coefficient (Wildman–Crippen LogP) is 2.73. The molecule has 1 unspecified atom stereocenters. The van der Waals surface area contributed by atoms with Crippen molar-refractivity contribution in [2.75, 3.05) is 0 Å². The predicted molar refractivity (Wildman–Crippen MR) is 65.6 cm³/mol. The van der Waals surface area contributed by atoms with E-state index in [1.807, 2.05) is 6.92 Å². The van der Waals surface area contributed by atoms with Gasteiger partial charge in [-0.2, -0.15) is 0 Å². The van der Waals surface area contributed by atoms with Crippen LogP contribution in [0, 0.1) is 11.8 Å². The quantitative estimate of drug-likeness (QED) is 0.748. The Morgan fingerprint density at radius 2 is 1.87 bits per heavy atom. The summed E-state index contributed by atoms with van der Waals surface area (Å²) in [6.07, 6.45) is 3.23. The molecule has 0 saturated carbocycles. The molecule has 2 N–H and O–H groups in total. The normalized spacial score (nSPS) is 11.7. The lowest BCUT2D eigenvalue weighted by molar-refractivity contribution is 0.806. The highest BCUT2D eigenvalue weighted by atomic mass is 14.6. The molecule has 0 spiro atoms. The van der Waals surface area contributed by atoms with Gasteiger partial charge in [-0.3, -0.25) is 0 Å². The first kappa shape index (κ1) is 11.8. The van der Waals surface area contributed by atoms with Gasteiger partial charge in [0, 0.05) is 5.56 Å². The van der Waals surface area contributed by atoms with Crippen LogP contribution in [0.4, 0.5) is 0 Å². The fourth-order valence-electron chi connectivity index (χ4n) is 1.32. The monoisotopic (exact) mass is 201 g/mol. The van der Waals surface area contributed by atoms with E-state index >= 15 is 0 Å². The van der Waals surface area contributed by atoms with Crippen molar-refractivity contribution in [2.45, 2.75) is 39.2 Å². The van der Waals surface area contributed by atoms with E-state index < -0.39 is 0 Å². The van der Waals surface area contributed by atoms with Crippen molar-refractivity contribution in [1.82, 2.24) is 0 Å². The van der Waals surface area contributed by atoms with Crippen LogP contribution in [0.3, 0.4) is 0 Å². The zero-order valence-corrected chi connectivity index (χ0v) is 9.59. The van der Waals surface area contributed by atoms with Crippen molar-refractivity contribution in [3.63, 3.8) is 0 Å². The van der Waals surface area contributed by atoms with Crippen LogP contribution in [0.5, 0.6) is 0 Å². The minimum Gasteiger partial charge on any atom is -0.318 e. The molecule has 15 heavy (non-hydrogen) atoms. The van der Waals surface area contributed by atoms with Crippen LogP contribution < -0.4 is 5.73 Å². The third-order valence-corrected chi connectivity index (χ3v) is 2.33. The Morgan fingerprint density at radius 3 is 2.40 bits per heavy atom. The molecule has 0 bridgehead atoms. The maximum Gasteiger partial charge on any atom is 0.0665 e. The number of benzene rings is 1. The second-order valence-electron chi connectivity index (χ2n) is 3.73. The summed E-state index contributed by atoms with van der Waals surface area (Å²) >= 11 is 0. The summed E-state index contributed by atoms with van der Waals surface area (Å²) < 4.78 is 0. The Morgan fingerprint density at radius 1 is 1.20 bits per heavy atom. The summed E-state index contributed by atoms with van der Waals surface area (Å²) in [5, 5.41) is 0. The van der Waals surface area contributed by atoms with Gasteiger partial charge in [-0.1, -0.05) is 44.2 Å². The van der Waals surface area contributed by atoms with E-state index in [1.165, 1.54) is 12.0 Å². The number of nitrogens with two attached hydrogens (primary N) is 1. The average molecular weight is 201 g/mol. The Bertz CT molecular complexity index is 340. The molecule has 1 aromatic rings. The summed E-state index contributed by atoms with van der Waals surface area (Å²) in [4.78, 5) is 0. The Labute approximate surface area is 92.7 Å². The molecule has 0 aliphatic heterocycles. The van der Waals surface area contributed by atoms with Crippen LogP contribution in [0.15, 0.2) is 24.3 Å². The molecule has 0 radical (unpaired) electrons. The number of hydrogen-bond donors (Lipinski definition) is 1. The molecule has 1 nitrogen and oxygen atoms in total. The van der Waals surface area contributed by atoms with Gasteiger partial charge in [0.25, 0.3) is 0 Å². The van der Waals surface area contributed by atoms with Gasteiger partial charge in [0.05, 0.1) is 6.04 Å². The molecule has 1 aromatic carbocycles. The van der Waals surface area contributed by atoms with E-state index in [0.29, 0.717) is 0 Å². The van der Waals surface area contributed by atoms with Crippen molar-refractivity contribution < 1.29 is 0 Å². The second-order valence-corrected chi connectivity index (χ2v) is 3.73. The first-order chi connectivity index (χ1) is 7.26. The van der Waals surface area contributed by atoms with Crippen molar-refractivity contribution in [2.24, 2.45) is 5.73 Å². The molecule has 80 valence electrons. The van der Waals surface area contributed by atoms with Gasteiger partial charge in [-0.25, -0.2) is 0 Å². The Hall–Kier alpha value is -1.26. The van der Waals surface area contributed by atoms with Gasteiger partial charge in [0.2, 0.25) is 0 Å². The highest BCUT2D eigenvalue weighted by molar-refractivity contribution is 5.37. The smallest absolute Gasteiger partial charge is 0.0665 e. The van der Waals surface area contributed by atoms with E-state index in [4.69, 9.17) is 5.73 Å². The standard InChI is InChI=1S/C14H19N/c1-3-5-12-6-8-13(9-7-12)10-11-14(15)4-2/h6-9,14H,3-5,15H2,1-2H3. The largest absolute Gasteiger partial charge is 0.318 e. The van der Waals surface area contributed by atoms with Crippen LogP contribution in [-0.4, -0.2) is 6.04 Å². The number of aryl methyl sites for hydroxylation is 1. The van der Waals surface area contributed by atoms with E-state index in [9.17, 15) is 0 Å². The highest BCUT2D eigenvalue weighted by Crippen LogP contribution is 2.05. The average Bonchev–Trinajstić information content (AvgIpc) is 2.28. The minimum absolute atomic E-state index is 0.000295. The van der Waals surface area contributed by atoms with Gasteiger partial charge in [0.15, 0.2) is 0 Å². The third-order valence-electron chi connectivity index (χ3n) is 2.33. The molecule has 0 heterocycles. The zero-order chi connectivity index (χ0) is 11.1. The molecule has 0 fully saturated rings. The summed E-state index contributed by atoms with van der Waals surface area (Å²) in [6.45, 7) is 4.23. The molecule has 0 aromatic heterocycles. The lowest BCUT2D eigenvalue weighted by atomic mass is 10.1. The first-order valence-corrected chi connectivity index (χ1v) is 5.62. The molecule has 1 rings (SSSR count). The maximum atomic E-state index is 5.72. The SMILES string of the molecule is CCCc1ccc(C#CC(N)CC)cc1. The molecule has 0 saturated heterocycles. The lowest BCUT2D eigenvalue weighted by Gasteiger charge is -1.98. The molecule has 1 atom stereocenters. The van der Waals surface area contributed by atoms with Crippen LogP contribution >= 0.6 is 0 Å². The van der Waals surface area contributed by atoms with E-state index in [1.54, 1.807) is 0 Å². The first-order valence-electron chi connectivity index (χ1n) is 5.62. The van der Waals surface area contributed by atoms with Crippen LogP contribution in [0.25, 0.3) is 0 Å². The lowest BCUT2D eigenvalue weighted by Crippen LogP contribution is -2.15.